The largest absolute Gasteiger partial charge is 0.376 e. The van der Waals surface area contributed by atoms with E-state index in [2.05, 4.69) is 13.8 Å². The number of fused-ring (bicyclic) bond motifs is 1. The summed E-state index contributed by atoms with van der Waals surface area (Å²) in [7, 11) is -3.62. The van der Waals surface area contributed by atoms with E-state index >= 15 is 0 Å². The zero-order valence-electron chi connectivity index (χ0n) is 22.0. The molecule has 2 aromatic carbocycles. The highest BCUT2D eigenvalue weighted by Crippen LogP contribution is 2.32. The lowest BCUT2D eigenvalue weighted by atomic mass is 10.2. The minimum Gasteiger partial charge on any atom is -0.376 e. The number of hydrogen-bond acceptors (Lipinski definition) is 6. The zero-order valence-corrected chi connectivity index (χ0v) is 23.6. The van der Waals surface area contributed by atoms with Gasteiger partial charge in [0.15, 0.2) is 5.13 Å². The van der Waals surface area contributed by atoms with E-state index in [0.29, 0.717) is 36.9 Å². The fourth-order valence-corrected chi connectivity index (χ4v) is 7.09. The molecule has 0 bridgehead atoms. The highest BCUT2D eigenvalue weighted by Gasteiger charge is 2.28. The fourth-order valence-electron chi connectivity index (χ4n) is 4.53. The van der Waals surface area contributed by atoms with Gasteiger partial charge in [-0.05, 0) is 68.5 Å². The predicted molar refractivity (Wildman–Crippen MR) is 150 cm³/mol. The van der Waals surface area contributed by atoms with Crippen LogP contribution in [0.2, 0.25) is 0 Å². The molecule has 4 rings (SSSR count). The third-order valence-corrected chi connectivity index (χ3v) is 9.71. The molecule has 1 unspecified atom stereocenters. The minimum absolute atomic E-state index is 0.0394. The van der Waals surface area contributed by atoms with E-state index < -0.39 is 10.0 Å². The van der Waals surface area contributed by atoms with Crippen molar-refractivity contribution >= 4 is 42.6 Å². The number of carbonyl (C=O) groups excluding carboxylic acids is 1. The number of amides is 1. The first kappa shape index (κ1) is 27.7. The molecule has 3 aromatic rings. The smallest absolute Gasteiger partial charge is 0.260 e. The first-order valence-electron chi connectivity index (χ1n) is 13.2. The molecule has 0 spiro atoms. The molecule has 0 saturated carbocycles. The predicted octanol–water partition coefficient (Wildman–Crippen LogP) is 6.02. The summed E-state index contributed by atoms with van der Waals surface area (Å²) < 4.78 is 35.1. The van der Waals surface area contributed by atoms with Crippen molar-refractivity contribution in [2.45, 2.75) is 70.3 Å². The molecule has 2 heterocycles. The van der Waals surface area contributed by atoms with Gasteiger partial charge in [0.1, 0.15) is 0 Å². The lowest BCUT2D eigenvalue weighted by molar-refractivity contribution is 0.0917. The zero-order chi connectivity index (χ0) is 26.4. The van der Waals surface area contributed by atoms with E-state index in [1.165, 1.54) is 11.3 Å². The average Bonchev–Trinajstić information content (AvgIpc) is 3.57. The molecular formula is C28H37N3O4S2. The Hall–Kier alpha value is -2.33. The first-order chi connectivity index (χ1) is 17.8. The second kappa shape index (κ2) is 12.5. The first-order valence-corrected chi connectivity index (χ1v) is 15.5. The lowest BCUT2D eigenvalue weighted by Crippen LogP contribution is -2.37. The summed E-state index contributed by atoms with van der Waals surface area (Å²) >= 11 is 1.49. The van der Waals surface area contributed by atoms with Gasteiger partial charge in [0.25, 0.3) is 5.91 Å². The molecule has 1 saturated heterocycles. The Morgan fingerprint density at radius 1 is 1.08 bits per heavy atom. The van der Waals surface area contributed by atoms with Crippen molar-refractivity contribution in [3.63, 3.8) is 0 Å². The number of ether oxygens (including phenoxy) is 1. The number of para-hydroxylation sites is 1. The van der Waals surface area contributed by atoms with Crippen molar-refractivity contribution in [1.82, 2.24) is 9.29 Å². The van der Waals surface area contributed by atoms with Crippen molar-refractivity contribution in [1.29, 1.82) is 0 Å². The van der Waals surface area contributed by atoms with Crippen molar-refractivity contribution in [2.75, 3.05) is 31.1 Å². The van der Waals surface area contributed by atoms with Crippen LogP contribution < -0.4 is 4.90 Å². The summed E-state index contributed by atoms with van der Waals surface area (Å²) in [5.41, 5.74) is 2.39. The van der Waals surface area contributed by atoms with E-state index in [9.17, 15) is 13.2 Å². The number of benzene rings is 2. The number of aryl methyl sites for hydroxylation is 1. The number of hydrogen-bond donors (Lipinski definition) is 0. The maximum absolute atomic E-state index is 13.7. The molecule has 9 heteroatoms. The van der Waals surface area contributed by atoms with Crippen LogP contribution in [0.25, 0.3) is 10.2 Å². The number of carbonyl (C=O) groups is 1. The Kier molecular flexibility index (Phi) is 9.34. The second-order valence-electron chi connectivity index (χ2n) is 9.60. The molecular weight excluding hydrogens is 506 g/mol. The van der Waals surface area contributed by atoms with Gasteiger partial charge in [-0.1, -0.05) is 50.2 Å². The molecule has 1 aromatic heterocycles. The Morgan fingerprint density at radius 2 is 1.78 bits per heavy atom. The Bertz CT molecular complexity index is 1290. The number of rotatable bonds is 12. The molecule has 200 valence electrons. The Labute approximate surface area is 224 Å². The molecule has 1 fully saturated rings. The maximum atomic E-state index is 13.7. The molecule has 0 aliphatic carbocycles. The summed E-state index contributed by atoms with van der Waals surface area (Å²) in [5.74, 6) is -0.204. The summed E-state index contributed by atoms with van der Waals surface area (Å²) in [5, 5.41) is 0.631. The van der Waals surface area contributed by atoms with Crippen LogP contribution >= 0.6 is 11.3 Å². The van der Waals surface area contributed by atoms with E-state index in [1.807, 2.05) is 25.1 Å². The normalized spacial score (nSPS) is 16.1. The van der Waals surface area contributed by atoms with Gasteiger partial charge in [-0.25, -0.2) is 13.4 Å². The minimum atomic E-state index is -3.62. The monoisotopic (exact) mass is 543 g/mol. The Morgan fingerprint density at radius 3 is 2.38 bits per heavy atom. The van der Waals surface area contributed by atoms with Crippen LogP contribution in [0.15, 0.2) is 47.4 Å². The Balaban J connectivity index is 1.61. The van der Waals surface area contributed by atoms with Crippen LogP contribution in [0.5, 0.6) is 0 Å². The number of aromatic nitrogens is 1. The lowest BCUT2D eigenvalue weighted by Gasteiger charge is -2.24. The maximum Gasteiger partial charge on any atom is 0.260 e. The fraction of sp³-hybridized carbons (Fsp3) is 0.500. The van der Waals surface area contributed by atoms with Gasteiger partial charge in [0.05, 0.1) is 27.8 Å². The molecule has 1 atom stereocenters. The van der Waals surface area contributed by atoms with Crippen LogP contribution in [0.4, 0.5) is 5.13 Å². The standard InChI is InChI=1S/C28H37N3O4S2/c1-4-6-17-30(18-7-5-2)37(33,34)24-15-13-22(14-16-24)27(32)31(20-23-11-9-19-35-23)28-29-26-21(3)10-8-12-25(26)36-28/h8,10,12-16,23H,4-7,9,11,17-20H2,1-3H3. The van der Waals surface area contributed by atoms with Gasteiger partial charge in [-0.15, -0.1) is 0 Å². The van der Waals surface area contributed by atoms with E-state index in [4.69, 9.17) is 9.72 Å². The number of sulfonamides is 1. The van der Waals surface area contributed by atoms with Gasteiger partial charge in [-0.3, -0.25) is 9.69 Å². The molecule has 7 nitrogen and oxygen atoms in total. The number of thiazole rings is 1. The van der Waals surface area contributed by atoms with Gasteiger partial charge >= 0.3 is 0 Å². The molecule has 0 N–H and O–H groups in total. The van der Waals surface area contributed by atoms with Crippen LogP contribution in [-0.2, 0) is 14.8 Å². The third-order valence-electron chi connectivity index (χ3n) is 6.76. The third kappa shape index (κ3) is 6.39. The molecule has 0 radical (unpaired) electrons. The van der Waals surface area contributed by atoms with Gasteiger partial charge in [0, 0.05) is 25.3 Å². The summed E-state index contributed by atoms with van der Waals surface area (Å²) in [6, 6.07) is 12.4. The topological polar surface area (TPSA) is 79.8 Å². The molecule has 37 heavy (non-hydrogen) atoms. The van der Waals surface area contributed by atoms with Crippen LogP contribution in [0, 0.1) is 6.92 Å². The molecule has 1 aliphatic rings. The highest BCUT2D eigenvalue weighted by atomic mass is 32.2. The van der Waals surface area contributed by atoms with Crippen molar-refractivity contribution in [3.05, 3.63) is 53.6 Å². The van der Waals surface area contributed by atoms with Crippen molar-refractivity contribution in [3.8, 4) is 0 Å². The van der Waals surface area contributed by atoms with E-state index in [0.717, 1.165) is 54.3 Å². The van der Waals surface area contributed by atoms with Crippen LogP contribution in [0.3, 0.4) is 0 Å². The summed E-state index contributed by atoms with van der Waals surface area (Å²) in [6.07, 6.45) is 5.33. The summed E-state index contributed by atoms with van der Waals surface area (Å²) in [6.45, 7) is 8.25. The molecule has 1 aliphatic heterocycles. The van der Waals surface area contributed by atoms with Gasteiger partial charge in [0.2, 0.25) is 10.0 Å². The van der Waals surface area contributed by atoms with Gasteiger partial charge in [-0.2, -0.15) is 4.31 Å². The van der Waals surface area contributed by atoms with E-state index in [-0.39, 0.29) is 16.9 Å². The SMILES string of the molecule is CCCCN(CCCC)S(=O)(=O)c1ccc(C(=O)N(CC2CCCO2)c2nc3c(C)cccc3s2)cc1. The average molecular weight is 544 g/mol. The van der Waals surface area contributed by atoms with Gasteiger partial charge < -0.3 is 4.74 Å². The second-order valence-corrected chi connectivity index (χ2v) is 12.6. The van der Waals surface area contributed by atoms with Crippen molar-refractivity contribution < 1.29 is 17.9 Å². The number of nitrogens with zero attached hydrogens (tertiary/aromatic N) is 3. The quantitative estimate of drug-likeness (QED) is 0.279. The van der Waals surface area contributed by atoms with E-state index in [1.54, 1.807) is 33.5 Å². The number of anilines is 1. The highest BCUT2D eigenvalue weighted by molar-refractivity contribution is 7.89. The summed E-state index contributed by atoms with van der Waals surface area (Å²) in [4.78, 5) is 20.5. The van der Waals surface area contributed by atoms with Crippen molar-refractivity contribution in [2.24, 2.45) is 0 Å². The van der Waals surface area contributed by atoms with Crippen LogP contribution in [0.1, 0.15) is 68.3 Å². The van der Waals surface area contributed by atoms with Crippen LogP contribution in [-0.4, -0.2) is 56.0 Å². The molecule has 1 amide bonds. The number of unbranched alkanes of at least 4 members (excludes halogenated alkanes) is 2.